The third-order valence-electron chi connectivity index (χ3n) is 1.28. The highest BCUT2D eigenvalue weighted by Crippen LogP contribution is 2.24. The fraction of sp³-hybridized carbons (Fsp3) is 1.00. The molecule has 0 N–H and O–H groups in total. The van der Waals surface area contributed by atoms with Crippen molar-refractivity contribution in [2.75, 3.05) is 17.8 Å². The minimum absolute atomic E-state index is 0.458. The number of hydrogen-bond donors (Lipinski definition) is 0. The van der Waals surface area contributed by atoms with Crippen molar-refractivity contribution in [1.29, 1.82) is 0 Å². The normalized spacial score (nSPS) is 12.0. The van der Waals surface area contributed by atoms with Gasteiger partial charge in [-0.2, -0.15) is 23.5 Å². The lowest BCUT2D eigenvalue weighted by Gasteiger charge is -2.16. The fourth-order valence-electron chi connectivity index (χ4n) is 0.727. The van der Waals surface area contributed by atoms with E-state index in [-0.39, 0.29) is 0 Å². The Morgan fingerprint density at radius 2 is 1.55 bits per heavy atom. The summed E-state index contributed by atoms with van der Waals surface area (Å²) in [7, 11) is 0. The Labute approximate surface area is 79.9 Å². The Balaban J connectivity index is 3.02. The second kappa shape index (κ2) is 6.24. The van der Waals surface area contributed by atoms with Gasteiger partial charge in [-0.25, -0.2) is 0 Å². The van der Waals surface area contributed by atoms with E-state index in [0.717, 1.165) is 0 Å². The molecular formula is C9H20S2. The monoisotopic (exact) mass is 192 g/mol. The van der Waals surface area contributed by atoms with Gasteiger partial charge in [0.15, 0.2) is 0 Å². The third kappa shape index (κ3) is 10.7. The zero-order valence-electron chi connectivity index (χ0n) is 8.14. The molecule has 68 valence electrons. The SMILES string of the molecule is CSCCCCSC(C)(C)C. The van der Waals surface area contributed by atoms with Gasteiger partial charge in [-0.05, 0) is 30.6 Å². The molecule has 0 radical (unpaired) electrons. The molecule has 0 spiro atoms. The maximum absolute atomic E-state index is 2.28. The van der Waals surface area contributed by atoms with Crippen LogP contribution in [0.2, 0.25) is 0 Å². The first-order valence-corrected chi connectivity index (χ1v) is 6.57. The summed E-state index contributed by atoms with van der Waals surface area (Å²) in [6.45, 7) is 6.85. The summed E-state index contributed by atoms with van der Waals surface area (Å²) in [5, 5.41) is 0. The van der Waals surface area contributed by atoms with E-state index >= 15 is 0 Å². The lowest BCUT2D eigenvalue weighted by Crippen LogP contribution is -2.08. The average molecular weight is 192 g/mol. The van der Waals surface area contributed by atoms with Crippen LogP contribution in [-0.4, -0.2) is 22.5 Å². The lowest BCUT2D eigenvalue weighted by atomic mass is 10.3. The van der Waals surface area contributed by atoms with Crippen molar-refractivity contribution in [2.45, 2.75) is 38.4 Å². The Bertz CT molecular complexity index is 84.1. The van der Waals surface area contributed by atoms with Gasteiger partial charge in [0.25, 0.3) is 0 Å². The molecule has 0 heterocycles. The summed E-state index contributed by atoms with van der Waals surface area (Å²) in [5.74, 6) is 2.65. The molecule has 0 aromatic carbocycles. The number of unbranched alkanes of at least 4 members (excludes halogenated alkanes) is 1. The van der Waals surface area contributed by atoms with Crippen LogP contribution in [0.15, 0.2) is 0 Å². The Morgan fingerprint density at radius 3 is 2.00 bits per heavy atom. The van der Waals surface area contributed by atoms with Crippen molar-refractivity contribution in [2.24, 2.45) is 0 Å². The number of rotatable bonds is 5. The molecule has 0 amide bonds. The third-order valence-corrected chi connectivity index (χ3v) is 3.33. The summed E-state index contributed by atoms with van der Waals surface area (Å²) in [5.41, 5.74) is 0. The minimum Gasteiger partial charge on any atom is -0.165 e. The average Bonchev–Trinajstić information content (AvgIpc) is 1.85. The zero-order valence-corrected chi connectivity index (χ0v) is 9.78. The molecule has 0 saturated heterocycles. The molecule has 11 heavy (non-hydrogen) atoms. The van der Waals surface area contributed by atoms with Gasteiger partial charge in [-0.3, -0.25) is 0 Å². The van der Waals surface area contributed by atoms with Crippen molar-refractivity contribution in [3.05, 3.63) is 0 Å². The van der Waals surface area contributed by atoms with Crippen molar-refractivity contribution in [1.82, 2.24) is 0 Å². The van der Waals surface area contributed by atoms with Crippen LogP contribution in [0.4, 0.5) is 0 Å². The largest absolute Gasteiger partial charge is 0.165 e. The number of thioether (sulfide) groups is 2. The van der Waals surface area contributed by atoms with Crippen LogP contribution in [0.25, 0.3) is 0 Å². The van der Waals surface area contributed by atoms with E-state index < -0.39 is 0 Å². The van der Waals surface area contributed by atoms with E-state index in [0.29, 0.717) is 4.75 Å². The van der Waals surface area contributed by atoms with Gasteiger partial charge in [0.05, 0.1) is 0 Å². The van der Waals surface area contributed by atoms with Crippen LogP contribution in [0.5, 0.6) is 0 Å². The van der Waals surface area contributed by atoms with Crippen LogP contribution in [0.1, 0.15) is 33.6 Å². The predicted octanol–water partition coefficient (Wildman–Crippen LogP) is 3.66. The smallest absolute Gasteiger partial charge is 0.00750 e. The van der Waals surface area contributed by atoms with Crippen LogP contribution in [-0.2, 0) is 0 Å². The molecular weight excluding hydrogens is 172 g/mol. The Kier molecular flexibility index (Phi) is 6.64. The first kappa shape index (κ1) is 11.7. The maximum atomic E-state index is 2.28. The van der Waals surface area contributed by atoms with Crippen LogP contribution in [0.3, 0.4) is 0 Å². The van der Waals surface area contributed by atoms with Crippen molar-refractivity contribution in [3.8, 4) is 0 Å². The molecule has 0 aliphatic rings. The predicted molar refractivity (Wildman–Crippen MR) is 59.8 cm³/mol. The van der Waals surface area contributed by atoms with Gasteiger partial charge in [-0.1, -0.05) is 20.8 Å². The van der Waals surface area contributed by atoms with Gasteiger partial charge in [0.1, 0.15) is 0 Å². The van der Waals surface area contributed by atoms with E-state index in [1.807, 2.05) is 11.8 Å². The molecule has 0 saturated carbocycles. The van der Waals surface area contributed by atoms with Crippen molar-refractivity contribution in [3.63, 3.8) is 0 Å². The Morgan fingerprint density at radius 1 is 1.00 bits per heavy atom. The second-order valence-corrected chi connectivity index (χ2v) is 6.57. The van der Waals surface area contributed by atoms with Gasteiger partial charge >= 0.3 is 0 Å². The molecule has 0 unspecified atom stereocenters. The quantitative estimate of drug-likeness (QED) is 0.610. The van der Waals surface area contributed by atoms with Crippen LogP contribution >= 0.6 is 23.5 Å². The summed E-state index contributed by atoms with van der Waals surface area (Å²) in [4.78, 5) is 0. The first-order valence-electron chi connectivity index (χ1n) is 4.19. The summed E-state index contributed by atoms with van der Waals surface area (Å²) >= 11 is 4.03. The van der Waals surface area contributed by atoms with Crippen molar-refractivity contribution < 1.29 is 0 Å². The second-order valence-electron chi connectivity index (χ2n) is 3.66. The van der Waals surface area contributed by atoms with Gasteiger partial charge < -0.3 is 0 Å². The molecule has 2 heteroatoms. The summed E-state index contributed by atoms with van der Waals surface area (Å²) in [6, 6.07) is 0. The topological polar surface area (TPSA) is 0 Å². The minimum atomic E-state index is 0.458. The van der Waals surface area contributed by atoms with Crippen LogP contribution < -0.4 is 0 Å². The highest BCUT2D eigenvalue weighted by atomic mass is 32.2. The molecule has 0 aromatic heterocycles. The molecule has 0 rings (SSSR count). The molecule has 0 aromatic rings. The van der Waals surface area contributed by atoms with E-state index in [2.05, 4.69) is 38.8 Å². The Hall–Kier alpha value is 0.700. The van der Waals surface area contributed by atoms with Gasteiger partial charge in [0, 0.05) is 4.75 Å². The molecule has 0 atom stereocenters. The highest BCUT2D eigenvalue weighted by Gasteiger charge is 2.08. The lowest BCUT2D eigenvalue weighted by molar-refractivity contribution is 0.795. The van der Waals surface area contributed by atoms with Crippen molar-refractivity contribution >= 4 is 23.5 Å². The van der Waals surface area contributed by atoms with E-state index in [4.69, 9.17) is 0 Å². The number of hydrogen-bond acceptors (Lipinski definition) is 2. The highest BCUT2D eigenvalue weighted by molar-refractivity contribution is 8.00. The molecule has 0 aliphatic carbocycles. The van der Waals surface area contributed by atoms with E-state index in [9.17, 15) is 0 Å². The van der Waals surface area contributed by atoms with Crippen LogP contribution in [0, 0.1) is 0 Å². The molecule has 0 aliphatic heterocycles. The maximum Gasteiger partial charge on any atom is 0.00750 e. The standard InChI is InChI=1S/C9H20S2/c1-9(2,3)11-8-6-5-7-10-4/h5-8H2,1-4H3. The van der Waals surface area contributed by atoms with Gasteiger partial charge in [-0.15, -0.1) is 0 Å². The fourth-order valence-corrected chi connectivity index (χ4v) is 2.18. The summed E-state index contributed by atoms with van der Waals surface area (Å²) < 4.78 is 0.458. The summed E-state index contributed by atoms with van der Waals surface area (Å²) in [6.07, 6.45) is 4.93. The van der Waals surface area contributed by atoms with E-state index in [1.54, 1.807) is 0 Å². The van der Waals surface area contributed by atoms with E-state index in [1.165, 1.54) is 24.3 Å². The molecule has 0 nitrogen and oxygen atoms in total. The first-order chi connectivity index (χ1) is 5.06. The molecule has 0 fully saturated rings. The molecule has 0 bridgehead atoms. The van der Waals surface area contributed by atoms with Gasteiger partial charge in [0.2, 0.25) is 0 Å². The zero-order chi connectivity index (χ0) is 8.74.